The number of piperidine rings is 1. The van der Waals surface area contributed by atoms with E-state index in [0.717, 1.165) is 25.5 Å². The molecule has 1 saturated heterocycles. The van der Waals surface area contributed by atoms with E-state index in [9.17, 15) is 4.79 Å². The molecule has 1 amide bonds. The molecule has 0 spiro atoms. The van der Waals surface area contributed by atoms with E-state index in [1.165, 1.54) is 5.56 Å². The highest BCUT2D eigenvalue weighted by Crippen LogP contribution is 2.16. The van der Waals surface area contributed by atoms with Crippen molar-refractivity contribution in [3.8, 4) is 0 Å². The van der Waals surface area contributed by atoms with Crippen LogP contribution in [0.1, 0.15) is 52.1 Å². The largest absolute Gasteiger partial charge is 0.357 e. The number of likely N-dealkylation sites (tertiary alicyclic amines) is 1. The van der Waals surface area contributed by atoms with Crippen molar-refractivity contribution in [2.45, 2.75) is 58.2 Å². The number of likely N-dealkylation sites (N-methyl/N-ethyl adjacent to an activating group) is 1. The van der Waals surface area contributed by atoms with Gasteiger partial charge in [0.25, 0.3) is 0 Å². The van der Waals surface area contributed by atoms with Gasteiger partial charge >= 0.3 is 0 Å². The maximum atomic E-state index is 11.7. The molecule has 3 N–H and O–H groups in total. The van der Waals surface area contributed by atoms with Crippen molar-refractivity contribution in [2.24, 2.45) is 4.99 Å². The molecule has 0 saturated carbocycles. The van der Waals surface area contributed by atoms with Crippen LogP contribution in [0.3, 0.4) is 0 Å². The minimum atomic E-state index is -0.142. The molecule has 2 atom stereocenters. The Morgan fingerprint density at radius 1 is 1.32 bits per heavy atom. The van der Waals surface area contributed by atoms with Crippen molar-refractivity contribution in [3.05, 3.63) is 35.9 Å². The van der Waals surface area contributed by atoms with Crippen LogP contribution < -0.4 is 16.0 Å². The summed E-state index contributed by atoms with van der Waals surface area (Å²) in [6, 6.07) is 11.0. The first kappa shape index (κ1) is 24.7. The van der Waals surface area contributed by atoms with Gasteiger partial charge in [-0.3, -0.25) is 9.79 Å². The van der Waals surface area contributed by atoms with Crippen LogP contribution in [0.2, 0.25) is 0 Å². The zero-order valence-corrected chi connectivity index (χ0v) is 20.1. The zero-order valence-electron chi connectivity index (χ0n) is 17.8. The highest BCUT2D eigenvalue weighted by atomic mass is 127. The molecule has 28 heavy (non-hydrogen) atoms. The number of guanidine groups is 1. The van der Waals surface area contributed by atoms with Crippen molar-refractivity contribution < 1.29 is 4.79 Å². The second kappa shape index (κ2) is 11.6. The predicted molar refractivity (Wildman–Crippen MR) is 127 cm³/mol. The number of halogens is 1. The SMILES string of the molecule is CCNC(=NCC(C)(C)NC(C)c1ccccc1)NC1CCC(=O)N(C)C1.I. The van der Waals surface area contributed by atoms with E-state index in [4.69, 9.17) is 4.99 Å². The third-order valence-corrected chi connectivity index (χ3v) is 4.85. The number of carbonyl (C=O) groups is 1. The van der Waals surface area contributed by atoms with Crippen LogP contribution in [-0.2, 0) is 4.79 Å². The summed E-state index contributed by atoms with van der Waals surface area (Å²) >= 11 is 0. The lowest BCUT2D eigenvalue weighted by atomic mass is 10.0. The van der Waals surface area contributed by atoms with E-state index >= 15 is 0 Å². The van der Waals surface area contributed by atoms with E-state index in [1.54, 1.807) is 4.90 Å². The van der Waals surface area contributed by atoms with Crippen LogP contribution in [-0.4, -0.2) is 55.0 Å². The van der Waals surface area contributed by atoms with Gasteiger partial charge in [0.15, 0.2) is 5.96 Å². The summed E-state index contributed by atoms with van der Waals surface area (Å²) in [5.74, 6) is 1.03. The number of nitrogens with one attached hydrogen (secondary N) is 3. The highest BCUT2D eigenvalue weighted by Gasteiger charge is 2.24. The van der Waals surface area contributed by atoms with Gasteiger partial charge in [-0.1, -0.05) is 30.3 Å². The fraction of sp³-hybridized carbons (Fsp3) is 0.619. The topological polar surface area (TPSA) is 68.8 Å². The second-order valence-electron chi connectivity index (χ2n) is 8.01. The first-order chi connectivity index (χ1) is 12.8. The summed E-state index contributed by atoms with van der Waals surface area (Å²) in [5, 5.41) is 10.5. The standard InChI is InChI=1S/C21H35N5O.HI/c1-6-22-20(24-18-12-13-19(27)26(5)14-18)23-15-21(3,4)25-16(2)17-10-8-7-9-11-17;/h7-11,16,18,25H,6,12-15H2,1-5H3,(H2,22,23,24);1H. The number of benzene rings is 1. The summed E-state index contributed by atoms with van der Waals surface area (Å²) in [7, 11) is 1.86. The summed E-state index contributed by atoms with van der Waals surface area (Å²) < 4.78 is 0. The lowest BCUT2D eigenvalue weighted by Crippen LogP contribution is -2.52. The van der Waals surface area contributed by atoms with Crippen LogP contribution in [0.25, 0.3) is 0 Å². The number of rotatable bonds is 7. The van der Waals surface area contributed by atoms with Gasteiger partial charge in [-0.25, -0.2) is 0 Å². The molecule has 1 aliphatic rings. The Balaban J connectivity index is 0.00000392. The van der Waals surface area contributed by atoms with Crippen LogP contribution in [0, 0.1) is 0 Å². The minimum Gasteiger partial charge on any atom is -0.357 e. The molecule has 1 fully saturated rings. The third-order valence-electron chi connectivity index (χ3n) is 4.85. The van der Waals surface area contributed by atoms with E-state index < -0.39 is 0 Å². The monoisotopic (exact) mass is 501 g/mol. The van der Waals surface area contributed by atoms with E-state index in [-0.39, 0.29) is 47.5 Å². The first-order valence-electron chi connectivity index (χ1n) is 9.92. The molecule has 0 radical (unpaired) electrons. The fourth-order valence-electron chi connectivity index (χ4n) is 3.38. The quantitative estimate of drug-likeness (QED) is 0.306. The van der Waals surface area contributed by atoms with Crippen LogP contribution in [0.5, 0.6) is 0 Å². The molecule has 1 heterocycles. The number of hydrogen-bond donors (Lipinski definition) is 3. The van der Waals surface area contributed by atoms with E-state index in [2.05, 4.69) is 67.9 Å². The van der Waals surface area contributed by atoms with Gasteiger partial charge in [-0.05, 0) is 39.7 Å². The number of hydrogen-bond acceptors (Lipinski definition) is 3. The lowest BCUT2D eigenvalue weighted by molar-refractivity contribution is -0.132. The van der Waals surface area contributed by atoms with Crippen molar-refractivity contribution in [3.63, 3.8) is 0 Å². The van der Waals surface area contributed by atoms with Gasteiger partial charge in [0.1, 0.15) is 0 Å². The molecule has 2 rings (SSSR count). The molecule has 6 nitrogen and oxygen atoms in total. The number of amides is 1. The Kier molecular flexibility index (Phi) is 10.2. The summed E-state index contributed by atoms with van der Waals surface area (Å²) in [5.41, 5.74) is 1.13. The molecular weight excluding hydrogens is 465 g/mol. The van der Waals surface area contributed by atoms with Crippen LogP contribution in [0.4, 0.5) is 0 Å². The van der Waals surface area contributed by atoms with Crippen LogP contribution >= 0.6 is 24.0 Å². The van der Waals surface area contributed by atoms with Crippen molar-refractivity contribution in [1.29, 1.82) is 0 Å². The molecule has 2 unspecified atom stereocenters. The van der Waals surface area contributed by atoms with E-state index in [1.807, 2.05) is 13.1 Å². The molecule has 1 aromatic rings. The number of nitrogens with zero attached hydrogens (tertiary/aromatic N) is 2. The maximum Gasteiger partial charge on any atom is 0.222 e. The third kappa shape index (κ3) is 7.95. The average Bonchev–Trinajstić information content (AvgIpc) is 2.63. The van der Waals surface area contributed by atoms with Gasteiger partial charge in [0.05, 0.1) is 6.54 Å². The molecule has 1 aliphatic heterocycles. The van der Waals surface area contributed by atoms with Gasteiger partial charge in [-0.15, -0.1) is 24.0 Å². The first-order valence-corrected chi connectivity index (χ1v) is 9.92. The second-order valence-corrected chi connectivity index (χ2v) is 8.01. The molecule has 7 heteroatoms. The Hall–Kier alpha value is -1.35. The lowest BCUT2D eigenvalue weighted by Gasteiger charge is -2.32. The van der Waals surface area contributed by atoms with Gasteiger partial charge in [0.2, 0.25) is 5.91 Å². The molecule has 158 valence electrons. The molecule has 0 aliphatic carbocycles. The van der Waals surface area contributed by atoms with Crippen molar-refractivity contribution in [1.82, 2.24) is 20.9 Å². The Morgan fingerprint density at radius 2 is 2.00 bits per heavy atom. The minimum absolute atomic E-state index is 0. The number of aliphatic imine (C=N–C) groups is 1. The summed E-state index contributed by atoms with van der Waals surface area (Å²) in [6.45, 7) is 10.8. The Labute approximate surface area is 187 Å². The fourth-order valence-corrected chi connectivity index (χ4v) is 3.38. The van der Waals surface area contributed by atoms with E-state index in [0.29, 0.717) is 13.0 Å². The van der Waals surface area contributed by atoms with Crippen LogP contribution in [0.15, 0.2) is 35.3 Å². The van der Waals surface area contributed by atoms with Gasteiger partial charge < -0.3 is 20.9 Å². The number of carbonyl (C=O) groups excluding carboxylic acids is 1. The Morgan fingerprint density at radius 3 is 2.61 bits per heavy atom. The maximum absolute atomic E-state index is 11.7. The molecule has 0 bridgehead atoms. The van der Waals surface area contributed by atoms with Gasteiger partial charge in [-0.2, -0.15) is 0 Å². The Bertz CT molecular complexity index is 635. The van der Waals surface area contributed by atoms with Crippen molar-refractivity contribution >= 4 is 35.8 Å². The van der Waals surface area contributed by atoms with Crippen molar-refractivity contribution in [2.75, 3.05) is 26.7 Å². The van der Waals surface area contributed by atoms with Gasteiger partial charge in [0, 0.05) is 44.2 Å². The predicted octanol–water partition coefficient (Wildman–Crippen LogP) is 2.91. The highest BCUT2D eigenvalue weighted by molar-refractivity contribution is 14.0. The average molecular weight is 501 g/mol. The molecular formula is C21H36IN5O. The summed E-state index contributed by atoms with van der Waals surface area (Å²) in [4.78, 5) is 18.3. The normalized spacial score (nSPS) is 19.0. The smallest absolute Gasteiger partial charge is 0.222 e. The zero-order chi connectivity index (χ0) is 19.9. The molecule has 0 aromatic heterocycles. The molecule has 1 aromatic carbocycles. The summed E-state index contributed by atoms with van der Waals surface area (Å²) in [6.07, 6.45) is 1.44.